The van der Waals surface area contributed by atoms with Crippen molar-refractivity contribution in [2.24, 2.45) is 17.9 Å². The number of carbonyl (C=O) groups is 1. The van der Waals surface area contributed by atoms with E-state index in [0.29, 0.717) is 11.9 Å². The van der Waals surface area contributed by atoms with Gasteiger partial charge in [-0.2, -0.15) is 0 Å². The number of piperidine rings is 2. The Morgan fingerprint density at radius 2 is 1.50 bits per heavy atom. The Bertz CT molecular complexity index is 899. The Morgan fingerprint density at radius 3 is 2.04 bits per heavy atom. The zero-order valence-corrected chi connectivity index (χ0v) is 17.8. The lowest BCUT2D eigenvalue weighted by molar-refractivity contribution is -0.205. The van der Waals surface area contributed by atoms with Crippen molar-refractivity contribution in [1.82, 2.24) is 14.4 Å². The van der Waals surface area contributed by atoms with Crippen molar-refractivity contribution < 1.29 is 4.79 Å². The number of benzene rings is 1. The summed E-state index contributed by atoms with van der Waals surface area (Å²) in [5, 5.41) is 1.38. The zero-order valence-electron chi connectivity index (χ0n) is 17.8. The quantitative estimate of drug-likeness (QED) is 0.777. The molecule has 4 heteroatoms. The van der Waals surface area contributed by atoms with Gasteiger partial charge in [0.1, 0.15) is 5.78 Å². The highest BCUT2D eigenvalue weighted by Crippen LogP contribution is 2.56. The van der Waals surface area contributed by atoms with Crippen LogP contribution in [0.1, 0.15) is 57.0 Å². The molecule has 150 valence electrons. The van der Waals surface area contributed by atoms with Crippen LogP contribution in [-0.4, -0.2) is 46.3 Å². The van der Waals surface area contributed by atoms with Crippen molar-refractivity contribution >= 4 is 16.7 Å². The molecule has 0 aliphatic carbocycles. The highest BCUT2D eigenvalue weighted by Gasteiger charge is 2.65. The van der Waals surface area contributed by atoms with Crippen LogP contribution in [0.5, 0.6) is 0 Å². The van der Waals surface area contributed by atoms with E-state index in [1.165, 1.54) is 22.2 Å². The molecule has 2 aromatic rings. The number of hydrogen-bond acceptors (Lipinski definition) is 3. The Kier molecular flexibility index (Phi) is 4.05. The number of para-hydroxylation sites is 1. The maximum atomic E-state index is 13.7. The molecule has 0 spiro atoms. The van der Waals surface area contributed by atoms with E-state index in [1.54, 1.807) is 0 Å². The number of aromatic nitrogens is 1. The average molecular weight is 380 g/mol. The van der Waals surface area contributed by atoms with Gasteiger partial charge in [-0.3, -0.25) is 14.6 Å². The average Bonchev–Trinajstić information content (AvgIpc) is 2.91. The van der Waals surface area contributed by atoms with Gasteiger partial charge in [-0.05, 0) is 25.8 Å². The minimum Gasteiger partial charge on any atom is -0.348 e. The topological polar surface area (TPSA) is 28.5 Å². The first-order valence-corrected chi connectivity index (χ1v) is 11.0. The molecule has 4 nitrogen and oxygen atoms in total. The fourth-order valence-corrected chi connectivity index (χ4v) is 6.93. The summed E-state index contributed by atoms with van der Waals surface area (Å²) >= 11 is 0. The predicted octanol–water partition coefficient (Wildman–Crippen LogP) is 4.27. The van der Waals surface area contributed by atoms with Gasteiger partial charge in [0, 0.05) is 55.4 Å². The van der Waals surface area contributed by atoms with Gasteiger partial charge in [-0.25, -0.2) is 0 Å². The van der Waals surface area contributed by atoms with Gasteiger partial charge in [0.05, 0.1) is 17.0 Å². The highest BCUT2D eigenvalue weighted by molar-refractivity contribution is 5.94. The molecule has 0 N–H and O–H groups in total. The molecule has 1 aromatic carbocycles. The molecule has 4 aliphatic rings. The molecule has 4 bridgehead atoms. The Labute approximate surface area is 168 Å². The number of rotatable bonds is 5. The van der Waals surface area contributed by atoms with E-state index in [4.69, 9.17) is 0 Å². The van der Waals surface area contributed by atoms with Crippen molar-refractivity contribution in [2.45, 2.75) is 52.6 Å². The van der Waals surface area contributed by atoms with Gasteiger partial charge in [-0.15, -0.1) is 0 Å². The van der Waals surface area contributed by atoms with Crippen molar-refractivity contribution in [1.29, 1.82) is 0 Å². The van der Waals surface area contributed by atoms with E-state index in [1.807, 2.05) is 0 Å². The molecule has 0 radical (unpaired) electrons. The number of fused-ring (bicyclic) bond motifs is 1. The molecule has 0 amide bonds. The second-order valence-corrected chi connectivity index (χ2v) is 9.65. The molecule has 0 atom stereocenters. The van der Waals surface area contributed by atoms with Gasteiger partial charge < -0.3 is 4.57 Å². The SMILES string of the molecule is CCCC12CN3CC(CCC)(CN(C1)C3c1c(C)n(C)c3ccccc13)C2=O. The first kappa shape index (κ1) is 18.4. The lowest BCUT2D eigenvalue weighted by Crippen LogP contribution is -2.76. The van der Waals surface area contributed by atoms with Gasteiger partial charge in [0.2, 0.25) is 0 Å². The molecular weight excluding hydrogens is 346 g/mol. The maximum Gasteiger partial charge on any atom is 0.150 e. The van der Waals surface area contributed by atoms with Crippen LogP contribution >= 0.6 is 0 Å². The highest BCUT2D eigenvalue weighted by atomic mass is 16.1. The summed E-state index contributed by atoms with van der Waals surface area (Å²) in [6.45, 7) is 10.5. The molecule has 4 saturated heterocycles. The molecule has 4 fully saturated rings. The molecule has 28 heavy (non-hydrogen) atoms. The van der Waals surface area contributed by atoms with Crippen molar-refractivity contribution in [3.63, 3.8) is 0 Å². The van der Waals surface area contributed by atoms with Crippen LogP contribution in [0.15, 0.2) is 24.3 Å². The summed E-state index contributed by atoms with van der Waals surface area (Å²) in [4.78, 5) is 19.0. The molecule has 0 saturated carbocycles. The van der Waals surface area contributed by atoms with Crippen LogP contribution in [0.2, 0.25) is 0 Å². The third kappa shape index (κ3) is 2.22. The lowest BCUT2D eigenvalue weighted by Gasteiger charge is -2.66. The Hall–Kier alpha value is -1.65. The van der Waals surface area contributed by atoms with Crippen molar-refractivity contribution in [3.05, 3.63) is 35.5 Å². The van der Waals surface area contributed by atoms with E-state index in [2.05, 4.69) is 66.5 Å². The van der Waals surface area contributed by atoms with Crippen LogP contribution in [0.4, 0.5) is 0 Å². The van der Waals surface area contributed by atoms with E-state index < -0.39 is 0 Å². The third-order valence-corrected chi connectivity index (χ3v) is 7.84. The van der Waals surface area contributed by atoms with Gasteiger partial charge in [0.25, 0.3) is 0 Å². The molecule has 0 unspecified atom stereocenters. The Balaban J connectivity index is 1.64. The van der Waals surface area contributed by atoms with Crippen LogP contribution in [0.3, 0.4) is 0 Å². The first-order valence-electron chi connectivity index (χ1n) is 11.0. The molecule has 6 rings (SSSR count). The van der Waals surface area contributed by atoms with Gasteiger partial charge >= 0.3 is 0 Å². The fourth-order valence-electron chi connectivity index (χ4n) is 6.93. The van der Waals surface area contributed by atoms with Crippen LogP contribution in [-0.2, 0) is 11.8 Å². The van der Waals surface area contributed by atoms with E-state index in [-0.39, 0.29) is 10.8 Å². The molecule has 1 aromatic heterocycles. The number of carbonyl (C=O) groups excluding carboxylic acids is 1. The van der Waals surface area contributed by atoms with Crippen molar-refractivity contribution in [2.75, 3.05) is 26.2 Å². The number of hydrogen-bond donors (Lipinski definition) is 0. The molecular formula is C24H33N3O. The predicted molar refractivity (Wildman–Crippen MR) is 113 cm³/mol. The summed E-state index contributed by atoms with van der Waals surface area (Å²) in [6, 6.07) is 8.80. The first-order chi connectivity index (χ1) is 13.5. The van der Waals surface area contributed by atoms with Gasteiger partial charge in [0.15, 0.2) is 0 Å². The van der Waals surface area contributed by atoms with Crippen molar-refractivity contribution in [3.8, 4) is 0 Å². The monoisotopic (exact) mass is 379 g/mol. The lowest BCUT2D eigenvalue weighted by atomic mass is 9.57. The van der Waals surface area contributed by atoms with E-state index in [9.17, 15) is 4.79 Å². The minimum atomic E-state index is -0.143. The number of nitrogens with zero attached hydrogens (tertiary/aromatic N) is 3. The number of Topliss-reactive ketones (excluding diaryl/α,β-unsaturated/α-hetero) is 1. The second kappa shape index (κ2) is 6.17. The minimum absolute atomic E-state index is 0.143. The maximum absolute atomic E-state index is 13.7. The van der Waals surface area contributed by atoms with E-state index in [0.717, 1.165) is 51.9 Å². The number of aryl methyl sites for hydroxylation is 1. The molecule has 4 aliphatic heterocycles. The third-order valence-electron chi connectivity index (χ3n) is 7.84. The zero-order chi connectivity index (χ0) is 19.7. The smallest absolute Gasteiger partial charge is 0.150 e. The van der Waals surface area contributed by atoms with Crippen LogP contribution in [0.25, 0.3) is 10.9 Å². The normalized spacial score (nSPS) is 36.6. The summed E-state index contributed by atoms with van der Waals surface area (Å²) in [6.07, 6.45) is 4.56. The summed E-state index contributed by atoms with van der Waals surface area (Å²) in [5.74, 6) is 0.587. The van der Waals surface area contributed by atoms with E-state index >= 15 is 0 Å². The molecule has 5 heterocycles. The van der Waals surface area contributed by atoms with Crippen LogP contribution in [0, 0.1) is 17.8 Å². The summed E-state index contributed by atoms with van der Waals surface area (Å²) in [7, 11) is 2.18. The number of ketones is 1. The summed E-state index contributed by atoms with van der Waals surface area (Å²) in [5.41, 5.74) is 3.85. The largest absolute Gasteiger partial charge is 0.348 e. The summed E-state index contributed by atoms with van der Waals surface area (Å²) < 4.78 is 2.34. The standard InChI is InChI=1S/C24H33N3O/c1-5-11-23-13-26-15-24(12-6-2,22(23)28)16-27(14-23)21(26)20-17(3)25(4)19-10-8-7-9-18(19)20/h7-10,21H,5-6,11-16H2,1-4H3. The Morgan fingerprint density at radius 1 is 0.964 bits per heavy atom. The second-order valence-electron chi connectivity index (χ2n) is 9.65. The van der Waals surface area contributed by atoms with Gasteiger partial charge in [-0.1, -0.05) is 44.9 Å². The fraction of sp³-hybridized carbons (Fsp3) is 0.625. The van der Waals surface area contributed by atoms with Crippen LogP contribution < -0.4 is 0 Å².